The van der Waals surface area contributed by atoms with Gasteiger partial charge in [0.05, 0.1) is 0 Å². The van der Waals surface area contributed by atoms with Crippen LogP contribution in [0.1, 0.15) is 39.5 Å². The number of rotatable bonds is 6. The van der Waals surface area contributed by atoms with Crippen LogP contribution < -0.4 is 0 Å². The van der Waals surface area contributed by atoms with E-state index in [0.29, 0.717) is 26.1 Å². The van der Waals surface area contributed by atoms with E-state index in [9.17, 15) is 9.59 Å². The predicted molar refractivity (Wildman–Crippen MR) is 75.5 cm³/mol. The summed E-state index contributed by atoms with van der Waals surface area (Å²) in [5, 5.41) is 17.8. The van der Waals surface area contributed by atoms with Gasteiger partial charge in [0.15, 0.2) is 0 Å². The highest BCUT2D eigenvalue weighted by molar-refractivity contribution is 5.75. The van der Waals surface area contributed by atoms with Crippen molar-refractivity contribution in [3.05, 3.63) is 0 Å². The first kappa shape index (κ1) is 16.8. The number of hydrogen-bond donors (Lipinski definition) is 2. The first-order valence-electron chi connectivity index (χ1n) is 7.34. The number of aliphatic hydroxyl groups excluding tert-OH is 1. The molecular formula is C14H26N2O4. The van der Waals surface area contributed by atoms with Crippen molar-refractivity contribution in [1.29, 1.82) is 0 Å². The number of aliphatic hydroxyl groups is 1. The second-order valence-electron chi connectivity index (χ2n) is 5.70. The van der Waals surface area contributed by atoms with Crippen LogP contribution in [0.2, 0.25) is 0 Å². The molecule has 0 saturated carbocycles. The zero-order valence-corrected chi connectivity index (χ0v) is 12.4. The van der Waals surface area contributed by atoms with E-state index >= 15 is 0 Å². The average molecular weight is 286 g/mol. The average Bonchev–Trinajstić information content (AvgIpc) is 2.38. The zero-order chi connectivity index (χ0) is 15.1. The lowest BCUT2D eigenvalue weighted by Gasteiger charge is -2.37. The molecule has 1 saturated heterocycles. The summed E-state index contributed by atoms with van der Waals surface area (Å²) in [5.41, 5.74) is 0. The van der Waals surface area contributed by atoms with Gasteiger partial charge in [0.25, 0.3) is 0 Å². The standard InChI is InChI=1S/C14H26N2O4/c1-11(2)16(7-4-8-17)14(20)15-6-3-5-12(10-15)9-13(18)19/h11-12,17H,3-10H2,1-2H3,(H,18,19). The number of amides is 2. The smallest absolute Gasteiger partial charge is 0.320 e. The Balaban J connectivity index is 2.61. The SMILES string of the molecule is CC(C)N(CCCO)C(=O)N1CCCC(CC(=O)O)C1. The Labute approximate surface area is 120 Å². The van der Waals surface area contributed by atoms with E-state index in [1.807, 2.05) is 13.8 Å². The maximum atomic E-state index is 12.5. The molecule has 1 heterocycles. The fraction of sp³-hybridized carbons (Fsp3) is 0.857. The number of aliphatic carboxylic acids is 1. The van der Waals surface area contributed by atoms with Gasteiger partial charge in [0.1, 0.15) is 0 Å². The Kier molecular flexibility index (Phi) is 6.78. The minimum atomic E-state index is -0.801. The molecule has 2 N–H and O–H groups in total. The zero-order valence-electron chi connectivity index (χ0n) is 12.4. The molecule has 6 nitrogen and oxygen atoms in total. The summed E-state index contributed by atoms with van der Waals surface area (Å²) in [4.78, 5) is 26.8. The van der Waals surface area contributed by atoms with Crippen molar-refractivity contribution in [2.45, 2.75) is 45.6 Å². The third kappa shape index (κ3) is 5.00. The van der Waals surface area contributed by atoms with E-state index in [2.05, 4.69) is 0 Å². The van der Waals surface area contributed by atoms with Gasteiger partial charge in [-0.3, -0.25) is 4.79 Å². The lowest BCUT2D eigenvalue weighted by atomic mass is 9.95. The summed E-state index contributed by atoms with van der Waals surface area (Å²) in [7, 11) is 0. The Hall–Kier alpha value is -1.30. The summed E-state index contributed by atoms with van der Waals surface area (Å²) in [6, 6.07) is 0.0393. The van der Waals surface area contributed by atoms with Crippen molar-refractivity contribution in [3.63, 3.8) is 0 Å². The van der Waals surface area contributed by atoms with Gasteiger partial charge in [-0.15, -0.1) is 0 Å². The van der Waals surface area contributed by atoms with E-state index in [1.165, 1.54) is 0 Å². The van der Waals surface area contributed by atoms with E-state index in [1.54, 1.807) is 9.80 Å². The summed E-state index contributed by atoms with van der Waals surface area (Å²) in [6.07, 6.45) is 2.42. The summed E-state index contributed by atoms with van der Waals surface area (Å²) >= 11 is 0. The molecule has 6 heteroatoms. The van der Waals surface area contributed by atoms with Gasteiger partial charge in [-0.05, 0) is 39.0 Å². The van der Waals surface area contributed by atoms with Gasteiger partial charge in [-0.1, -0.05) is 0 Å². The Morgan fingerprint density at radius 3 is 2.65 bits per heavy atom. The predicted octanol–water partition coefficient (Wildman–Crippen LogP) is 1.39. The first-order valence-corrected chi connectivity index (χ1v) is 7.34. The number of carbonyl (C=O) groups excluding carboxylic acids is 1. The van der Waals surface area contributed by atoms with Gasteiger partial charge >= 0.3 is 12.0 Å². The van der Waals surface area contributed by atoms with E-state index in [0.717, 1.165) is 12.8 Å². The van der Waals surface area contributed by atoms with Crippen LogP contribution in [0.4, 0.5) is 4.79 Å². The summed E-state index contributed by atoms with van der Waals surface area (Å²) < 4.78 is 0. The number of piperidine rings is 1. The van der Waals surface area contributed by atoms with Gasteiger partial charge < -0.3 is 20.0 Å². The van der Waals surface area contributed by atoms with E-state index in [4.69, 9.17) is 10.2 Å². The molecule has 1 aliphatic heterocycles. The van der Waals surface area contributed by atoms with Gasteiger partial charge in [0.2, 0.25) is 0 Å². The Morgan fingerprint density at radius 2 is 2.10 bits per heavy atom. The molecule has 0 aliphatic carbocycles. The summed E-state index contributed by atoms with van der Waals surface area (Å²) in [5.74, 6) is -0.748. The maximum Gasteiger partial charge on any atom is 0.320 e. The van der Waals surface area contributed by atoms with Crippen LogP contribution in [0.25, 0.3) is 0 Å². The third-order valence-corrected chi connectivity index (χ3v) is 3.68. The first-order chi connectivity index (χ1) is 9.45. The van der Waals surface area contributed by atoms with Crippen LogP contribution in [0.15, 0.2) is 0 Å². The molecule has 0 aromatic heterocycles. The number of carboxylic acids is 1. The van der Waals surface area contributed by atoms with Crippen LogP contribution in [0, 0.1) is 5.92 Å². The minimum Gasteiger partial charge on any atom is -0.481 e. The molecule has 1 atom stereocenters. The molecule has 1 fully saturated rings. The largest absolute Gasteiger partial charge is 0.481 e. The lowest BCUT2D eigenvalue weighted by Crippen LogP contribution is -2.50. The lowest BCUT2D eigenvalue weighted by molar-refractivity contribution is -0.138. The molecule has 0 bridgehead atoms. The van der Waals surface area contributed by atoms with Crippen molar-refractivity contribution < 1.29 is 19.8 Å². The van der Waals surface area contributed by atoms with Gasteiger partial charge in [-0.2, -0.15) is 0 Å². The van der Waals surface area contributed by atoms with Crippen molar-refractivity contribution in [2.24, 2.45) is 5.92 Å². The van der Waals surface area contributed by atoms with E-state index < -0.39 is 5.97 Å². The van der Waals surface area contributed by atoms with Crippen LogP contribution in [0.3, 0.4) is 0 Å². The summed E-state index contributed by atoms with van der Waals surface area (Å²) in [6.45, 7) is 5.72. The highest BCUT2D eigenvalue weighted by atomic mass is 16.4. The van der Waals surface area contributed by atoms with Crippen LogP contribution >= 0.6 is 0 Å². The maximum absolute atomic E-state index is 12.5. The number of likely N-dealkylation sites (tertiary alicyclic amines) is 1. The molecule has 2 amide bonds. The molecular weight excluding hydrogens is 260 g/mol. The number of nitrogens with zero attached hydrogens (tertiary/aromatic N) is 2. The third-order valence-electron chi connectivity index (χ3n) is 3.68. The topological polar surface area (TPSA) is 81.1 Å². The molecule has 0 aromatic rings. The molecule has 20 heavy (non-hydrogen) atoms. The second-order valence-corrected chi connectivity index (χ2v) is 5.70. The fourth-order valence-corrected chi connectivity index (χ4v) is 2.65. The van der Waals surface area contributed by atoms with Crippen molar-refractivity contribution in [3.8, 4) is 0 Å². The molecule has 0 radical (unpaired) electrons. The van der Waals surface area contributed by atoms with Crippen molar-refractivity contribution in [1.82, 2.24) is 9.80 Å². The quantitative estimate of drug-likeness (QED) is 0.773. The Bertz CT molecular complexity index is 333. The van der Waals surface area contributed by atoms with Crippen LogP contribution in [0.5, 0.6) is 0 Å². The number of carboxylic acid groups (broad SMARTS) is 1. The molecule has 116 valence electrons. The van der Waals surface area contributed by atoms with Crippen LogP contribution in [-0.4, -0.2) is 64.3 Å². The molecule has 0 aromatic carbocycles. The van der Waals surface area contributed by atoms with E-state index in [-0.39, 0.29) is 31.0 Å². The normalized spacial score (nSPS) is 19.2. The monoisotopic (exact) mass is 286 g/mol. The number of hydrogen-bond acceptors (Lipinski definition) is 3. The minimum absolute atomic E-state index is 0.0384. The Morgan fingerprint density at radius 1 is 1.40 bits per heavy atom. The van der Waals surface area contributed by atoms with Gasteiger partial charge in [-0.25, -0.2) is 4.79 Å². The highest BCUT2D eigenvalue weighted by Gasteiger charge is 2.28. The molecule has 1 aliphatic rings. The van der Waals surface area contributed by atoms with Gasteiger partial charge in [0, 0.05) is 38.7 Å². The number of carbonyl (C=O) groups is 2. The number of urea groups is 1. The fourth-order valence-electron chi connectivity index (χ4n) is 2.65. The van der Waals surface area contributed by atoms with Crippen molar-refractivity contribution in [2.75, 3.05) is 26.2 Å². The van der Waals surface area contributed by atoms with Crippen LogP contribution in [-0.2, 0) is 4.79 Å². The molecule has 0 spiro atoms. The molecule has 1 rings (SSSR count). The highest BCUT2D eigenvalue weighted by Crippen LogP contribution is 2.21. The molecule has 1 unspecified atom stereocenters. The second kappa shape index (κ2) is 8.09. The van der Waals surface area contributed by atoms with Crippen molar-refractivity contribution >= 4 is 12.0 Å².